The van der Waals surface area contributed by atoms with Gasteiger partial charge in [-0.05, 0) is 37.5 Å². The molecule has 0 radical (unpaired) electrons. The molecule has 1 N–H and O–H groups in total. The second-order valence-corrected chi connectivity index (χ2v) is 7.30. The van der Waals surface area contributed by atoms with Gasteiger partial charge in [-0.1, -0.05) is 30.3 Å². The Bertz CT molecular complexity index is 1050. The van der Waals surface area contributed by atoms with Gasteiger partial charge in [0, 0.05) is 17.9 Å². The first-order chi connectivity index (χ1) is 13.7. The molecule has 0 aliphatic heterocycles. The second kappa shape index (κ2) is 8.22. The highest BCUT2D eigenvalue weighted by Crippen LogP contribution is 2.26. The fourth-order valence-corrected chi connectivity index (χ4v) is 3.71. The van der Waals surface area contributed by atoms with Gasteiger partial charge in [0.25, 0.3) is 0 Å². The zero-order valence-corrected chi connectivity index (χ0v) is 16.3. The fourth-order valence-electron chi connectivity index (χ4n) is 2.94. The summed E-state index contributed by atoms with van der Waals surface area (Å²) in [6.07, 6.45) is 3.75. The van der Waals surface area contributed by atoms with Crippen LogP contribution in [0, 0.1) is 6.92 Å². The minimum atomic E-state index is -0.0279. The summed E-state index contributed by atoms with van der Waals surface area (Å²) >= 11 is 1.45. The van der Waals surface area contributed by atoms with Crippen molar-refractivity contribution in [3.63, 3.8) is 0 Å². The van der Waals surface area contributed by atoms with Crippen LogP contribution >= 0.6 is 11.3 Å². The smallest absolute Gasteiger partial charge is 0.225 e. The van der Waals surface area contributed by atoms with E-state index in [-0.39, 0.29) is 5.91 Å². The average molecular weight is 392 g/mol. The number of nitrogens with one attached hydrogen (secondary N) is 1. The summed E-state index contributed by atoms with van der Waals surface area (Å²) in [5, 5.41) is 10.0. The van der Waals surface area contributed by atoms with Crippen LogP contribution in [0.3, 0.4) is 0 Å². The van der Waals surface area contributed by atoms with E-state index in [2.05, 4.69) is 27.5 Å². The van der Waals surface area contributed by atoms with Crippen LogP contribution in [-0.4, -0.2) is 20.7 Å². The molecule has 7 heteroatoms. The molecule has 0 fully saturated rings. The van der Waals surface area contributed by atoms with E-state index >= 15 is 0 Å². The Labute approximate surface area is 166 Å². The lowest BCUT2D eigenvalue weighted by molar-refractivity contribution is -0.116. The van der Waals surface area contributed by atoms with Crippen LogP contribution in [0.5, 0.6) is 0 Å². The number of hydrogen-bond acceptors (Lipinski definition) is 5. The fraction of sp³-hybridized carbons (Fsp3) is 0.190. The van der Waals surface area contributed by atoms with Crippen LogP contribution in [0.4, 0.5) is 5.82 Å². The van der Waals surface area contributed by atoms with Crippen molar-refractivity contribution in [1.82, 2.24) is 14.8 Å². The number of carbonyl (C=O) groups excluding carboxylic acids is 1. The predicted octanol–water partition coefficient (Wildman–Crippen LogP) is 4.86. The summed E-state index contributed by atoms with van der Waals surface area (Å²) in [6.45, 7) is 1.89. The quantitative estimate of drug-likeness (QED) is 0.487. The zero-order chi connectivity index (χ0) is 19.3. The van der Waals surface area contributed by atoms with Crippen molar-refractivity contribution in [3.05, 3.63) is 71.4 Å². The third-order valence-corrected chi connectivity index (χ3v) is 5.07. The SMILES string of the molecule is Cc1cc(NC(=O)CCCc2ccccc2)n(-c2nc(-c3ccco3)cs2)n1. The van der Waals surface area contributed by atoms with Gasteiger partial charge in [0.2, 0.25) is 11.0 Å². The Balaban J connectivity index is 1.42. The number of furan rings is 1. The highest BCUT2D eigenvalue weighted by Gasteiger charge is 2.15. The van der Waals surface area contributed by atoms with Gasteiger partial charge in [-0.2, -0.15) is 9.78 Å². The predicted molar refractivity (Wildman–Crippen MR) is 110 cm³/mol. The number of rotatable bonds is 7. The summed E-state index contributed by atoms with van der Waals surface area (Å²) in [7, 11) is 0. The molecule has 28 heavy (non-hydrogen) atoms. The van der Waals surface area contributed by atoms with Crippen LogP contribution < -0.4 is 5.32 Å². The molecule has 0 atom stereocenters. The standard InChI is InChI=1S/C21H20N4O2S/c1-15-13-19(23-20(26)11-5-9-16-7-3-2-4-8-16)25(24-15)21-22-17(14-28-21)18-10-6-12-27-18/h2-4,6-8,10,12-14H,5,9,11H2,1H3,(H,23,26). The number of aryl methyl sites for hydroxylation is 2. The van der Waals surface area contributed by atoms with Crippen molar-refractivity contribution in [2.24, 2.45) is 0 Å². The molecule has 0 aliphatic rings. The molecule has 3 heterocycles. The first-order valence-electron chi connectivity index (χ1n) is 9.09. The lowest BCUT2D eigenvalue weighted by Crippen LogP contribution is -2.14. The third kappa shape index (κ3) is 4.20. The minimum absolute atomic E-state index is 0.0279. The molecule has 6 nitrogen and oxygen atoms in total. The topological polar surface area (TPSA) is 73.0 Å². The van der Waals surface area contributed by atoms with Crippen LogP contribution in [0.15, 0.2) is 64.6 Å². The van der Waals surface area contributed by atoms with Gasteiger partial charge in [-0.3, -0.25) is 4.79 Å². The van der Waals surface area contributed by atoms with Gasteiger partial charge in [0.1, 0.15) is 11.5 Å². The molecule has 0 saturated carbocycles. The summed E-state index contributed by atoms with van der Waals surface area (Å²) < 4.78 is 7.06. The second-order valence-electron chi connectivity index (χ2n) is 6.46. The van der Waals surface area contributed by atoms with E-state index < -0.39 is 0 Å². The van der Waals surface area contributed by atoms with Gasteiger partial charge in [0.15, 0.2) is 5.76 Å². The summed E-state index contributed by atoms with van der Waals surface area (Å²) in [6, 6.07) is 15.7. The molecule has 0 unspecified atom stereocenters. The number of hydrogen-bond donors (Lipinski definition) is 1. The maximum absolute atomic E-state index is 12.4. The number of thiazole rings is 1. The zero-order valence-electron chi connectivity index (χ0n) is 15.5. The highest BCUT2D eigenvalue weighted by molar-refractivity contribution is 7.12. The van der Waals surface area contributed by atoms with E-state index in [0.717, 1.165) is 24.2 Å². The first kappa shape index (κ1) is 18.2. The van der Waals surface area contributed by atoms with E-state index in [4.69, 9.17) is 4.42 Å². The molecule has 0 bridgehead atoms. The van der Waals surface area contributed by atoms with Crippen LogP contribution in [-0.2, 0) is 11.2 Å². The number of anilines is 1. The van der Waals surface area contributed by atoms with E-state index in [0.29, 0.717) is 23.1 Å². The van der Waals surface area contributed by atoms with Crippen molar-refractivity contribution in [3.8, 4) is 16.6 Å². The molecule has 142 valence electrons. The third-order valence-electron chi connectivity index (χ3n) is 4.26. The number of aromatic nitrogens is 3. The Morgan fingerprint density at radius 2 is 2.07 bits per heavy atom. The average Bonchev–Trinajstić information content (AvgIpc) is 3.43. The van der Waals surface area contributed by atoms with Crippen LogP contribution in [0.2, 0.25) is 0 Å². The highest BCUT2D eigenvalue weighted by atomic mass is 32.1. The largest absolute Gasteiger partial charge is 0.463 e. The lowest BCUT2D eigenvalue weighted by Gasteiger charge is -2.06. The molecule has 1 aromatic carbocycles. The van der Waals surface area contributed by atoms with Gasteiger partial charge in [-0.25, -0.2) is 4.98 Å². The molecule has 3 aromatic heterocycles. The molecule has 1 amide bonds. The molecule has 0 spiro atoms. The molecular formula is C21H20N4O2S. The Hall–Kier alpha value is -3.19. The van der Waals surface area contributed by atoms with Gasteiger partial charge in [0.05, 0.1) is 12.0 Å². The van der Waals surface area contributed by atoms with Gasteiger partial charge >= 0.3 is 0 Å². The maximum atomic E-state index is 12.4. The Morgan fingerprint density at radius 3 is 2.86 bits per heavy atom. The van der Waals surface area contributed by atoms with Gasteiger partial charge in [-0.15, -0.1) is 11.3 Å². The first-order valence-corrected chi connectivity index (χ1v) is 9.97. The van der Waals surface area contributed by atoms with E-state index in [1.807, 2.05) is 48.7 Å². The summed E-state index contributed by atoms with van der Waals surface area (Å²) in [4.78, 5) is 17.0. The number of carbonyl (C=O) groups is 1. The van der Waals surface area contributed by atoms with Gasteiger partial charge < -0.3 is 9.73 Å². The molecule has 0 aliphatic carbocycles. The van der Waals surface area contributed by atoms with Crippen LogP contribution in [0.25, 0.3) is 16.6 Å². The van der Waals surface area contributed by atoms with E-state index in [1.165, 1.54) is 16.9 Å². The van der Waals surface area contributed by atoms with E-state index in [9.17, 15) is 4.79 Å². The van der Waals surface area contributed by atoms with Crippen molar-refractivity contribution < 1.29 is 9.21 Å². The molecular weight excluding hydrogens is 372 g/mol. The van der Waals surface area contributed by atoms with Crippen molar-refractivity contribution in [2.75, 3.05) is 5.32 Å². The maximum Gasteiger partial charge on any atom is 0.225 e. The van der Waals surface area contributed by atoms with E-state index in [1.54, 1.807) is 10.9 Å². The van der Waals surface area contributed by atoms with Crippen molar-refractivity contribution >= 4 is 23.1 Å². The molecule has 4 rings (SSSR count). The number of nitrogens with zero attached hydrogens (tertiary/aromatic N) is 3. The summed E-state index contributed by atoms with van der Waals surface area (Å²) in [5.41, 5.74) is 2.80. The Kier molecular flexibility index (Phi) is 5.34. The lowest BCUT2D eigenvalue weighted by atomic mass is 10.1. The number of amides is 1. The molecule has 0 saturated heterocycles. The minimum Gasteiger partial charge on any atom is -0.463 e. The summed E-state index contributed by atoms with van der Waals surface area (Å²) in [5.74, 6) is 1.31. The number of benzene rings is 1. The monoisotopic (exact) mass is 392 g/mol. The van der Waals surface area contributed by atoms with Crippen molar-refractivity contribution in [2.45, 2.75) is 26.2 Å². The Morgan fingerprint density at radius 1 is 1.21 bits per heavy atom. The van der Waals surface area contributed by atoms with Crippen molar-refractivity contribution in [1.29, 1.82) is 0 Å². The normalized spacial score (nSPS) is 10.9. The molecule has 4 aromatic rings. The van der Waals surface area contributed by atoms with Crippen LogP contribution in [0.1, 0.15) is 24.1 Å².